The fourth-order valence-corrected chi connectivity index (χ4v) is 5.06. The van der Waals surface area contributed by atoms with Crippen molar-refractivity contribution < 1.29 is 0 Å². The number of rotatable bonds is 4. The molecule has 0 atom stereocenters. The summed E-state index contributed by atoms with van der Waals surface area (Å²) in [5, 5.41) is 0. The van der Waals surface area contributed by atoms with E-state index in [-0.39, 0.29) is 0 Å². The molecule has 0 bridgehead atoms. The Morgan fingerprint density at radius 2 is 0.960 bits per heavy atom. The Morgan fingerprint density at radius 1 is 0.560 bits per heavy atom. The normalized spacial score (nSPS) is 11.3. The van der Waals surface area contributed by atoms with E-state index in [1.807, 2.05) is 23.0 Å². The molecule has 2 radical (unpaired) electrons. The van der Waals surface area contributed by atoms with Crippen LogP contribution in [0.15, 0.2) is 66.7 Å². The van der Waals surface area contributed by atoms with E-state index in [0.717, 1.165) is 0 Å². The molecule has 126 valence electrons. The molecule has 0 heterocycles. The molecule has 0 unspecified atom stereocenters. The summed E-state index contributed by atoms with van der Waals surface area (Å²) in [7, 11) is 0. The maximum absolute atomic E-state index is 2.39. The van der Waals surface area contributed by atoms with E-state index in [4.69, 9.17) is 0 Å². The zero-order valence-electron chi connectivity index (χ0n) is 15.5. The van der Waals surface area contributed by atoms with E-state index in [1.54, 1.807) is 0 Å². The van der Waals surface area contributed by atoms with Crippen LogP contribution in [0.5, 0.6) is 0 Å². The molecule has 25 heavy (non-hydrogen) atoms. The Morgan fingerprint density at radius 3 is 1.40 bits per heavy atom. The molecule has 0 spiro atoms. The van der Waals surface area contributed by atoms with Crippen LogP contribution in [-0.2, 0) is 0 Å². The van der Waals surface area contributed by atoms with Crippen LogP contribution in [0.4, 0.5) is 0 Å². The molecule has 0 nitrogen and oxygen atoms in total. The summed E-state index contributed by atoms with van der Waals surface area (Å²) in [5.74, 6) is 1.11. The molecular weight excluding hydrogens is 410 g/mol. The van der Waals surface area contributed by atoms with E-state index in [0.29, 0.717) is 11.8 Å². The Kier molecular flexibility index (Phi) is 5.70. The first-order valence-electron chi connectivity index (χ1n) is 9.00. The molecule has 0 N–H and O–H groups in total. The fraction of sp³-hybridized carbons (Fsp3) is 0.250. The summed E-state index contributed by atoms with van der Waals surface area (Å²) in [6.07, 6.45) is 0. The van der Waals surface area contributed by atoms with Crippen LogP contribution in [0, 0.1) is 0 Å². The van der Waals surface area contributed by atoms with Crippen LogP contribution in [0.1, 0.15) is 50.7 Å². The van der Waals surface area contributed by atoms with E-state index in [1.165, 1.54) is 36.9 Å². The minimum atomic E-state index is 0.555. The van der Waals surface area contributed by atoms with Gasteiger partial charge in [0.05, 0.1) is 0 Å². The van der Waals surface area contributed by atoms with Gasteiger partial charge in [-0.1, -0.05) is 0 Å². The van der Waals surface area contributed by atoms with Crippen LogP contribution in [0.25, 0.3) is 22.3 Å². The SMILES string of the molecule is CC(C)c1cc(-c2ccc(-c3ccccc3)cc2)cc(C(C)C)[c]1[Sb]. The Bertz CT molecular complexity index is 814. The second kappa shape index (κ2) is 7.79. The number of hydrogen-bond donors (Lipinski definition) is 0. The van der Waals surface area contributed by atoms with Crippen LogP contribution in [-0.4, -0.2) is 23.0 Å². The van der Waals surface area contributed by atoms with Crippen molar-refractivity contribution in [2.75, 3.05) is 0 Å². The summed E-state index contributed by atoms with van der Waals surface area (Å²) in [5.41, 5.74) is 8.16. The molecule has 0 amide bonds. The summed E-state index contributed by atoms with van der Waals surface area (Å²) in [6.45, 7) is 9.18. The van der Waals surface area contributed by atoms with E-state index in [2.05, 4.69) is 94.4 Å². The first kappa shape index (κ1) is 18.3. The van der Waals surface area contributed by atoms with Crippen LogP contribution < -0.4 is 3.51 Å². The second-order valence-electron chi connectivity index (χ2n) is 7.26. The molecule has 0 fully saturated rings. The summed E-state index contributed by atoms with van der Waals surface area (Å²) < 4.78 is 1.50. The van der Waals surface area contributed by atoms with Gasteiger partial charge in [0.15, 0.2) is 0 Å². The van der Waals surface area contributed by atoms with Crippen LogP contribution in [0.2, 0.25) is 0 Å². The molecule has 3 aromatic carbocycles. The van der Waals surface area contributed by atoms with Gasteiger partial charge in [0.2, 0.25) is 0 Å². The van der Waals surface area contributed by atoms with Crippen molar-refractivity contribution >= 4 is 26.5 Å². The molecule has 0 saturated heterocycles. The Balaban J connectivity index is 2.04. The standard InChI is InChI=1S/C24H25.Sb/c1-17(2)22-14-23(18(3)4)16-24(15-22)21-12-10-20(11-13-21)19-8-6-5-7-9-19;/h5-13,15-18H,1-4H3;. The maximum atomic E-state index is 2.39. The summed E-state index contributed by atoms with van der Waals surface area (Å²) in [4.78, 5) is 0. The third kappa shape index (κ3) is 4.01. The third-order valence-electron chi connectivity index (χ3n) is 4.74. The molecule has 1 heteroatoms. The van der Waals surface area contributed by atoms with Crippen molar-refractivity contribution in [1.29, 1.82) is 0 Å². The quantitative estimate of drug-likeness (QED) is 0.437. The van der Waals surface area contributed by atoms with E-state index in [9.17, 15) is 0 Å². The van der Waals surface area contributed by atoms with E-state index >= 15 is 0 Å². The Hall–Kier alpha value is -1.52. The van der Waals surface area contributed by atoms with Crippen LogP contribution in [0.3, 0.4) is 0 Å². The van der Waals surface area contributed by atoms with Gasteiger partial charge in [0.1, 0.15) is 0 Å². The molecule has 0 aliphatic rings. The van der Waals surface area contributed by atoms with Crippen molar-refractivity contribution in [3.63, 3.8) is 0 Å². The predicted molar refractivity (Wildman–Crippen MR) is 111 cm³/mol. The van der Waals surface area contributed by atoms with Gasteiger partial charge in [-0.05, 0) is 0 Å². The average molecular weight is 435 g/mol. The first-order valence-corrected chi connectivity index (χ1v) is 10.3. The summed E-state index contributed by atoms with van der Waals surface area (Å²) >= 11 is 1.85. The van der Waals surface area contributed by atoms with Gasteiger partial charge in [0.25, 0.3) is 0 Å². The third-order valence-corrected chi connectivity index (χ3v) is 6.21. The van der Waals surface area contributed by atoms with Gasteiger partial charge in [0, 0.05) is 0 Å². The summed E-state index contributed by atoms with van der Waals surface area (Å²) in [6, 6.07) is 24.3. The molecule has 3 aromatic rings. The van der Waals surface area contributed by atoms with Crippen LogP contribution >= 0.6 is 0 Å². The van der Waals surface area contributed by atoms with Crippen molar-refractivity contribution in [3.05, 3.63) is 77.9 Å². The fourth-order valence-electron chi connectivity index (χ4n) is 3.21. The predicted octanol–water partition coefficient (Wildman–Crippen LogP) is 6.06. The van der Waals surface area contributed by atoms with Gasteiger partial charge in [-0.3, -0.25) is 0 Å². The van der Waals surface area contributed by atoms with Gasteiger partial charge in [-0.25, -0.2) is 0 Å². The number of benzene rings is 3. The van der Waals surface area contributed by atoms with Crippen molar-refractivity contribution in [2.24, 2.45) is 0 Å². The zero-order chi connectivity index (χ0) is 18.0. The second-order valence-corrected chi connectivity index (χ2v) is 8.53. The Labute approximate surface area is 165 Å². The minimum absolute atomic E-state index is 0.555. The zero-order valence-corrected chi connectivity index (χ0v) is 18.0. The van der Waals surface area contributed by atoms with Gasteiger partial charge < -0.3 is 0 Å². The molecular formula is C24H25Sb. The monoisotopic (exact) mass is 434 g/mol. The molecule has 0 saturated carbocycles. The van der Waals surface area contributed by atoms with Gasteiger partial charge >= 0.3 is 166 Å². The topological polar surface area (TPSA) is 0 Å². The first-order chi connectivity index (χ1) is 12.0. The molecule has 3 rings (SSSR count). The van der Waals surface area contributed by atoms with Gasteiger partial charge in [-0.2, -0.15) is 0 Å². The average Bonchev–Trinajstić information content (AvgIpc) is 2.62. The van der Waals surface area contributed by atoms with Crippen molar-refractivity contribution in [1.82, 2.24) is 0 Å². The van der Waals surface area contributed by atoms with Gasteiger partial charge in [-0.15, -0.1) is 0 Å². The number of hydrogen-bond acceptors (Lipinski definition) is 0. The van der Waals surface area contributed by atoms with E-state index < -0.39 is 0 Å². The van der Waals surface area contributed by atoms with Crippen molar-refractivity contribution in [3.8, 4) is 22.3 Å². The molecule has 0 aliphatic heterocycles. The molecule has 0 aliphatic carbocycles. The molecule has 0 aromatic heterocycles. The van der Waals surface area contributed by atoms with Crippen molar-refractivity contribution in [2.45, 2.75) is 39.5 Å².